The lowest BCUT2D eigenvalue weighted by Crippen LogP contribution is -2.47. The number of aryl methyl sites for hydroxylation is 2. The van der Waals surface area contributed by atoms with Crippen LogP contribution in [0.1, 0.15) is 19.3 Å². The van der Waals surface area contributed by atoms with Crippen molar-refractivity contribution in [3.63, 3.8) is 0 Å². The van der Waals surface area contributed by atoms with Gasteiger partial charge in [-0.25, -0.2) is 13.2 Å². The van der Waals surface area contributed by atoms with E-state index in [1.54, 1.807) is 20.2 Å². The second kappa shape index (κ2) is 5.75. The Balaban J connectivity index is 2.13. The Morgan fingerprint density at radius 2 is 1.83 bits per heavy atom. The minimum absolute atomic E-state index is 0.00403. The number of fused-ring (bicyclic) bond motifs is 1. The van der Waals surface area contributed by atoms with Crippen LogP contribution in [0.4, 0.5) is 0 Å². The van der Waals surface area contributed by atoms with E-state index >= 15 is 0 Å². The Morgan fingerprint density at radius 1 is 1.17 bits per heavy atom. The summed E-state index contributed by atoms with van der Waals surface area (Å²) in [7, 11) is -0.754. The fraction of sp³-hybridized carbons (Fsp3) is 0.467. The van der Waals surface area contributed by atoms with E-state index < -0.39 is 22.0 Å². The third-order valence-corrected chi connectivity index (χ3v) is 6.49. The topological polar surface area (TPSA) is 102 Å². The molecule has 1 saturated heterocycles. The summed E-state index contributed by atoms with van der Waals surface area (Å²) in [5.41, 5.74) is 0.864. The molecule has 0 bridgehead atoms. The summed E-state index contributed by atoms with van der Waals surface area (Å²) in [4.78, 5) is 23.4. The predicted molar refractivity (Wildman–Crippen MR) is 87.3 cm³/mol. The number of hydrogen-bond acceptors (Lipinski definition) is 4. The molecule has 1 aromatic carbocycles. The Hall–Kier alpha value is -2.13. The first-order valence-electron chi connectivity index (χ1n) is 7.65. The minimum Gasteiger partial charge on any atom is -0.480 e. The third-order valence-electron chi connectivity index (χ3n) is 4.59. The van der Waals surface area contributed by atoms with Crippen LogP contribution in [0.25, 0.3) is 11.0 Å². The second-order valence-corrected chi connectivity index (χ2v) is 7.91. The molecule has 0 amide bonds. The van der Waals surface area contributed by atoms with Crippen LogP contribution in [0.5, 0.6) is 0 Å². The van der Waals surface area contributed by atoms with Crippen molar-refractivity contribution in [3.05, 3.63) is 28.7 Å². The van der Waals surface area contributed by atoms with E-state index in [1.807, 2.05) is 0 Å². The van der Waals surface area contributed by atoms with Crippen LogP contribution in [-0.2, 0) is 28.9 Å². The van der Waals surface area contributed by atoms with E-state index in [0.29, 0.717) is 30.3 Å². The van der Waals surface area contributed by atoms with Gasteiger partial charge in [0.25, 0.3) is 0 Å². The number of hydrogen-bond donors (Lipinski definition) is 1. The maximum absolute atomic E-state index is 12.9. The van der Waals surface area contributed by atoms with Crippen molar-refractivity contribution < 1.29 is 18.3 Å². The summed E-state index contributed by atoms with van der Waals surface area (Å²) >= 11 is 0. The molecule has 0 spiro atoms. The van der Waals surface area contributed by atoms with Gasteiger partial charge < -0.3 is 5.11 Å². The van der Waals surface area contributed by atoms with E-state index in [9.17, 15) is 23.1 Å². The molecule has 8 nitrogen and oxygen atoms in total. The minimum atomic E-state index is -3.94. The van der Waals surface area contributed by atoms with Crippen LogP contribution in [0.2, 0.25) is 0 Å². The molecule has 1 N–H and O–H groups in total. The number of carboxylic acids is 1. The number of imidazole rings is 1. The van der Waals surface area contributed by atoms with Gasteiger partial charge in [-0.2, -0.15) is 4.31 Å². The zero-order valence-electron chi connectivity index (χ0n) is 13.5. The molecule has 1 fully saturated rings. The van der Waals surface area contributed by atoms with E-state index in [-0.39, 0.29) is 17.1 Å². The van der Waals surface area contributed by atoms with Crippen molar-refractivity contribution >= 4 is 27.0 Å². The molecule has 3 rings (SSSR count). The molecule has 24 heavy (non-hydrogen) atoms. The van der Waals surface area contributed by atoms with Crippen molar-refractivity contribution in [1.82, 2.24) is 13.4 Å². The molecular weight excluding hydrogens is 334 g/mol. The third kappa shape index (κ3) is 2.44. The Kier molecular flexibility index (Phi) is 4.00. The van der Waals surface area contributed by atoms with Gasteiger partial charge in [-0.15, -0.1) is 0 Å². The van der Waals surface area contributed by atoms with Gasteiger partial charge in [0.1, 0.15) is 6.04 Å². The van der Waals surface area contributed by atoms with Crippen molar-refractivity contribution in [2.45, 2.75) is 30.2 Å². The molecule has 1 aliphatic rings. The van der Waals surface area contributed by atoms with E-state index in [2.05, 4.69) is 0 Å². The zero-order valence-corrected chi connectivity index (χ0v) is 14.3. The van der Waals surface area contributed by atoms with Crippen LogP contribution < -0.4 is 5.69 Å². The summed E-state index contributed by atoms with van der Waals surface area (Å²) in [5, 5.41) is 9.32. The first kappa shape index (κ1) is 16.7. The Bertz CT molecular complexity index is 973. The smallest absolute Gasteiger partial charge is 0.328 e. The number of aromatic nitrogens is 2. The van der Waals surface area contributed by atoms with Crippen molar-refractivity contribution in [3.8, 4) is 0 Å². The number of nitrogens with zero attached hydrogens (tertiary/aromatic N) is 3. The summed E-state index contributed by atoms with van der Waals surface area (Å²) < 4.78 is 29.7. The highest BCUT2D eigenvalue weighted by Gasteiger charge is 2.37. The molecular formula is C15H19N3O5S. The normalized spacial score (nSPS) is 19.7. The average molecular weight is 353 g/mol. The SMILES string of the molecule is Cn1c(=O)n(C)c2cc(S(=O)(=O)N3CCCCC3C(=O)O)ccc21. The van der Waals surface area contributed by atoms with Gasteiger partial charge in [-0.1, -0.05) is 0 Å². The maximum atomic E-state index is 12.9. The van der Waals surface area contributed by atoms with Crippen molar-refractivity contribution in [2.75, 3.05) is 6.54 Å². The molecule has 0 saturated carbocycles. The van der Waals surface area contributed by atoms with Gasteiger partial charge in [0.05, 0.1) is 15.9 Å². The summed E-state index contributed by atoms with van der Waals surface area (Å²) in [5.74, 6) is -1.13. The fourth-order valence-corrected chi connectivity index (χ4v) is 4.89. The molecule has 9 heteroatoms. The first-order valence-corrected chi connectivity index (χ1v) is 9.09. The molecule has 0 radical (unpaired) electrons. The number of sulfonamides is 1. The molecule has 1 aliphatic heterocycles. The highest BCUT2D eigenvalue weighted by molar-refractivity contribution is 7.89. The van der Waals surface area contributed by atoms with E-state index in [4.69, 9.17) is 0 Å². The standard InChI is InChI=1S/C15H19N3O5S/c1-16-11-7-6-10(9-13(11)17(2)15(16)21)24(22,23)18-8-4-3-5-12(18)14(19)20/h6-7,9,12H,3-5,8H2,1-2H3,(H,19,20). The molecule has 1 unspecified atom stereocenters. The number of piperidine rings is 1. The summed E-state index contributed by atoms with van der Waals surface area (Å²) in [6.45, 7) is 0.186. The largest absolute Gasteiger partial charge is 0.480 e. The number of carbonyl (C=O) groups is 1. The van der Waals surface area contributed by atoms with Gasteiger partial charge >= 0.3 is 11.7 Å². The predicted octanol–water partition coefficient (Wildman–Crippen LogP) is 0.505. The molecule has 2 heterocycles. The molecule has 1 aromatic heterocycles. The summed E-state index contributed by atoms with van der Waals surface area (Å²) in [6.07, 6.45) is 1.63. The van der Waals surface area contributed by atoms with Gasteiger partial charge in [-0.05, 0) is 37.5 Å². The first-order chi connectivity index (χ1) is 11.2. The highest BCUT2D eigenvalue weighted by atomic mass is 32.2. The number of benzene rings is 1. The zero-order chi connectivity index (χ0) is 17.6. The van der Waals surface area contributed by atoms with Gasteiger partial charge in [0, 0.05) is 20.6 Å². The van der Waals surface area contributed by atoms with Crippen LogP contribution in [0, 0.1) is 0 Å². The monoisotopic (exact) mass is 353 g/mol. The molecule has 2 aromatic rings. The fourth-order valence-electron chi connectivity index (χ4n) is 3.22. The van der Waals surface area contributed by atoms with E-state index in [1.165, 1.54) is 21.3 Å². The van der Waals surface area contributed by atoms with Crippen LogP contribution in [0.3, 0.4) is 0 Å². The quantitative estimate of drug-likeness (QED) is 0.866. The highest BCUT2D eigenvalue weighted by Crippen LogP contribution is 2.27. The number of aliphatic carboxylic acids is 1. The van der Waals surface area contributed by atoms with Gasteiger partial charge in [0.15, 0.2) is 0 Å². The van der Waals surface area contributed by atoms with E-state index in [0.717, 1.165) is 4.31 Å². The lowest BCUT2D eigenvalue weighted by molar-refractivity contribution is -0.142. The lowest BCUT2D eigenvalue weighted by atomic mass is 10.1. The van der Waals surface area contributed by atoms with Crippen molar-refractivity contribution in [2.24, 2.45) is 14.1 Å². The van der Waals surface area contributed by atoms with Crippen LogP contribution in [0.15, 0.2) is 27.9 Å². The molecule has 130 valence electrons. The maximum Gasteiger partial charge on any atom is 0.328 e. The number of rotatable bonds is 3. The Labute approximate surface area is 139 Å². The average Bonchev–Trinajstić information content (AvgIpc) is 2.79. The number of carboxylic acid groups (broad SMARTS) is 1. The Morgan fingerprint density at radius 3 is 2.50 bits per heavy atom. The molecule has 1 atom stereocenters. The van der Waals surface area contributed by atoms with Crippen LogP contribution in [-0.4, -0.2) is 45.5 Å². The van der Waals surface area contributed by atoms with Gasteiger partial charge in [0.2, 0.25) is 10.0 Å². The van der Waals surface area contributed by atoms with Gasteiger partial charge in [-0.3, -0.25) is 13.9 Å². The summed E-state index contributed by atoms with van der Waals surface area (Å²) in [6, 6.07) is 3.38. The van der Waals surface area contributed by atoms with Crippen molar-refractivity contribution in [1.29, 1.82) is 0 Å². The van der Waals surface area contributed by atoms with Crippen LogP contribution >= 0.6 is 0 Å². The lowest BCUT2D eigenvalue weighted by Gasteiger charge is -2.31. The molecule has 0 aliphatic carbocycles. The second-order valence-electron chi connectivity index (χ2n) is 6.02.